The smallest absolute Gasteiger partial charge is 0.104 e. The summed E-state index contributed by atoms with van der Waals surface area (Å²) in [7, 11) is 0. The Morgan fingerprint density at radius 3 is 2.21 bits per heavy atom. The molecule has 0 aromatic heterocycles. The van der Waals surface area contributed by atoms with E-state index in [1.807, 2.05) is 13.8 Å². The molecule has 0 saturated heterocycles. The van der Waals surface area contributed by atoms with E-state index < -0.39 is 0 Å². The van der Waals surface area contributed by atoms with Crippen molar-refractivity contribution in [2.24, 2.45) is 0 Å². The lowest BCUT2D eigenvalue weighted by Gasteiger charge is -2.16. The average Bonchev–Trinajstić information content (AvgIpc) is 2.20. The fourth-order valence-corrected chi connectivity index (χ4v) is 1.09. The standard InChI is InChI=1S/C11H24O3/c1-4-7-8-13-10-11(14-6-3)9-12-5-2/h11H,4-10H2,1-3H3. The fourth-order valence-electron chi connectivity index (χ4n) is 1.09. The van der Waals surface area contributed by atoms with Gasteiger partial charge in [-0.2, -0.15) is 0 Å². The molecule has 0 aliphatic rings. The third kappa shape index (κ3) is 8.48. The third-order valence-electron chi connectivity index (χ3n) is 1.86. The zero-order valence-electron chi connectivity index (χ0n) is 9.75. The third-order valence-corrected chi connectivity index (χ3v) is 1.86. The maximum Gasteiger partial charge on any atom is 0.104 e. The Morgan fingerprint density at radius 1 is 0.929 bits per heavy atom. The van der Waals surface area contributed by atoms with Crippen molar-refractivity contribution in [1.82, 2.24) is 0 Å². The molecule has 0 rings (SSSR count). The van der Waals surface area contributed by atoms with Crippen LogP contribution in [0.5, 0.6) is 0 Å². The van der Waals surface area contributed by atoms with E-state index in [2.05, 4.69) is 6.92 Å². The molecule has 0 N–H and O–H groups in total. The highest BCUT2D eigenvalue weighted by Crippen LogP contribution is 1.97. The number of rotatable bonds is 10. The topological polar surface area (TPSA) is 27.7 Å². The summed E-state index contributed by atoms with van der Waals surface area (Å²) in [5.74, 6) is 0. The van der Waals surface area contributed by atoms with Crippen LogP contribution in [0.15, 0.2) is 0 Å². The summed E-state index contributed by atoms with van der Waals surface area (Å²) in [4.78, 5) is 0. The quantitative estimate of drug-likeness (QED) is 0.511. The first kappa shape index (κ1) is 13.9. The lowest BCUT2D eigenvalue weighted by atomic mass is 10.3. The predicted molar refractivity (Wildman–Crippen MR) is 57.6 cm³/mol. The van der Waals surface area contributed by atoms with Gasteiger partial charge >= 0.3 is 0 Å². The Labute approximate surface area is 87.7 Å². The van der Waals surface area contributed by atoms with Crippen molar-refractivity contribution < 1.29 is 14.2 Å². The summed E-state index contributed by atoms with van der Waals surface area (Å²) in [6, 6.07) is 0. The van der Waals surface area contributed by atoms with Gasteiger partial charge in [0.2, 0.25) is 0 Å². The van der Waals surface area contributed by atoms with Gasteiger partial charge in [0.1, 0.15) is 6.10 Å². The molecule has 0 aromatic carbocycles. The minimum Gasteiger partial charge on any atom is -0.379 e. The lowest BCUT2D eigenvalue weighted by molar-refractivity contribution is -0.0546. The van der Waals surface area contributed by atoms with Crippen molar-refractivity contribution in [3.05, 3.63) is 0 Å². The Balaban J connectivity index is 3.40. The van der Waals surface area contributed by atoms with Crippen LogP contribution in [-0.2, 0) is 14.2 Å². The normalized spacial score (nSPS) is 13.1. The van der Waals surface area contributed by atoms with E-state index in [1.54, 1.807) is 0 Å². The van der Waals surface area contributed by atoms with Crippen molar-refractivity contribution in [3.8, 4) is 0 Å². The summed E-state index contributed by atoms with van der Waals surface area (Å²) in [5.41, 5.74) is 0. The molecule has 14 heavy (non-hydrogen) atoms. The van der Waals surface area contributed by atoms with Gasteiger partial charge in [0.25, 0.3) is 0 Å². The highest BCUT2D eigenvalue weighted by atomic mass is 16.6. The summed E-state index contributed by atoms with van der Waals surface area (Å²) >= 11 is 0. The van der Waals surface area contributed by atoms with Crippen molar-refractivity contribution in [1.29, 1.82) is 0 Å². The maximum absolute atomic E-state index is 5.48. The lowest BCUT2D eigenvalue weighted by Crippen LogP contribution is -2.26. The van der Waals surface area contributed by atoms with E-state index in [0.29, 0.717) is 13.2 Å². The fraction of sp³-hybridized carbons (Fsp3) is 1.00. The van der Waals surface area contributed by atoms with E-state index >= 15 is 0 Å². The number of hydrogen-bond acceptors (Lipinski definition) is 3. The van der Waals surface area contributed by atoms with Gasteiger partial charge in [0.05, 0.1) is 13.2 Å². The first-order chi connectivity index (χ1) is 6.85. The second-order valence-corrected chi connectivity index (χ2v) is 3.17. The van der Waals surface area contributed by atoms with Crippen LogP contribution in [0.4, 0.5) is 0 Å². The predicted octanol–water partition coefficient (Wildman–Crippen LogP) is 2.24. The molecule has 0 aromatic rings. The van der Waals surface area contributed by atoms with Crippen LogP contribution in [-0.4, -0.2) is 39.1 Å². The van der Waals surface area contributed by atoms with Gasteiger partial charge in [-0.3, -0.25) is 0 Å². The number of hydrogen-bond donors (Lipinski definition) is 0. The number of unbranched alkanes of at least 4 members (excludes halogenated alkanes) is 1. The Kier molecular flexibility index (Phi) is 10.9. The number of ether oxygens (including phenoxy) is 3. The molecule has 0 amide bonds. The van der Waals surface area contributed by atoms with E-state index in [9.17, 15) is 0 Å². The van der Waals surface area contributed by atoms with Crippen LogP contribution in [0.1, 0.15) is 33.6 Å². The van der Waals surface area contributed by atoms with Gasteiger partial charge in [0.15, 0.2) is 0 Å². The Bertz CT molecular complexity index is 107. The minimum atomic E-state index is 0.0943. The highest BCUT2D eigenvalue weighted by molar-refractivity contribution is 4.54. The molecule has 0 bridgehead atoms. The van der Waals surface area contributed by atoms with Crippen LogP contribution in [0.2, 0.25) is 0 Å². The minimum absolute atomic E-state index is 0.0943. The summed E-state index contributed by atoms with van der Waals surface area (Å²) in [6.07, 6.45) is 2.38. The molecule has 0 saturated carbocycles. The van der Waals surface area contributed by atoms with Gasteiger partial charge in [-0.05, 0) is 20.3 Å². The second-order valence-electron chi connectivity index (χ2n) is 3.17. The zero-order chi connectivity index (χ0) is 10.6. The van der Waals surface area contributed by atoms with Crippen molar-refractivity contribution in [3.63, 3.8) is 0 Å². The van der Waals surface area contributed by atoms with Crippen molar-refractivity contribution in [2.45, 2.75) is 39.7 Å². The monoisotopic (exact) mass is 204 g/mol. The highest BCUT2D eigenvalue weighted by Gasteiger charge is 2.07. The van der Waals surface area contributed by atoms with E-state index in [-0.39, 0.29) is 6.10 Å². The summed E-state index contributed by atoms with van der Waals surface area (Å²) in [5, 5.41) is 0. The van der Waals surface area contributed by atoms with Crippen LogP contribution >= 0.6 is 0 Å². The van der Waals surface area contributed by atoms with Crippen molar-refractivity contribution in [2.75, 3.05) is 33.0 Å². The van der Waals surface area contributed by atoms with Gasteiger partial charge < -0.3 is 14.2 Å². The molecule has 0 radical (unpaired) electrons. The maximum atomic E-state index is 5.48. The molecule has 1 atom stereocenters. The molecular weight excluding hydrogens is 180 g/mol. The van der Waals surface area contributed by atoms with E-state index in [1.165, 1.54) is 6.42 Å². The molecule has 3 heteroatoms. The van der Waals surface area contributed by atoms with Gasteiger partial charge in [-0.1, -0.05) is 13.3 Å². The van der Waals surface area contributed by atoms with Crippen LogP contribution in [0.3, 0.4) is 0 Å². The van der Waals surface area contributed by atoms with Crippen LogP contribution in [0, 0.1) is 0 Å². The molecular formula is C11H24O3. The Hall–Kier alpha value is -0.120. The molecule has 1 unspecified atom stereocenters. The largest absolute Gasteiger partial charge is 0.379 e. The first-order valence-corrected chi connectivity index (χ1v) is 5.62. The van der Waals surface area contributed by atoms with Crippen LogP contribution in [0.25, 0.3) is 0 Å². The molecule has 0 aliphatic heterocycles. The molecule has 0 aliphatic carbocycles. The zero-order valence-corrected chi connectivity index (χ0v) is 9.75. The van der Waals surface area contributed by atoms with E-state index in [0.717, 1.165) is 26.2 Å². The molecule has 3 nitrogen and oxygen atoms in total. The molecule has 0 spiro atoms. The average molecular weight is 204 g/mol. The SMILES string of the molecule is CCCCOCC(COCC)OCC. The van der Waals surface area contributed by atoms with Gasteiger partial charge in [-0.25, -0.2) is 0 Å². The van der Waals surface area contributed by atoms with Gasteiger partial charge in [0, 0.05) is 19.8 Å². The van der Waals surface area contributed by atoms with E-state index in [4.69, 9.17) is 14.2 Å². The molecule has 0 heterocycles. The molecule has 86 valence electrons. The summed E-state index contributed by atoms with van der Waals surface area (Å²) < 4.78 is 16.3. The Morgan fingerprint density at radius 2 is 1.64 bits per heavy atom. The first-order valence-electron chi connectivity index (χ1n) is 5.62. The van der Waals surface area contributed by atoms with Crippen LogP contribution < -0.4 is 0 Å². The summed E-state index contributed by atoms with van der Waals surface area (Å²) in [6.45, 7) is 9.69. The second kappa shape index (κ2) is 11.0. The van der Waals surface area contributed by atoms with Crippen molar-refractivity contribution >= 4 is 0 Å². The van der Waals surface area contributed by atoms with Gasteiger partial charge in [-0.15, -0.1) is 0 Å². The molecule has 0 fully saturated rings.